The normalized spacial score (nSPS) is 11.9. The predicted octanol–water partition coefficient (Wildman–Crippen LogP) is 0.466. The molecule has 0 aliphatic carbocycles. The molecule has 0 aromatic rings. The van der Waals surface area contributed by atoms with Gasteiger partial charge in [0.2, 0.25) is 0 Å². The molecule has 0 aliphatic heterocycles. The van der Waals surface area contributed by atoms with E-state index in [0.717, 1.165) is 49.5 Å². The van der Waals surface area contributed by atoms with E-state index in [4.69, 9.17) is 56.8 Å². The SMILES string of the molecule is C=CC(=O)OCC(COC(=O)CCN(CCC(=O)OCC(COC(C)=O)OC(=O)C=C)CCN(CCC(=O)OCC(COC(=O)C=C)OC(=O)C=C)CCC(=O)OCC(COC(=O)C=C)OC(=O)C=C)OC(=O)C=C. The molecule has 0 aromatic heterocycles. The maximum absolute atomic E-state index is 13.0. The van der Waals surface area contributed by atoms with Crippen molar-refractivity contribution >= 4 is 71.6 Å². The Morgan fingerprint density at radius 1 is 0.307 bits per heavy atom. The third kappa shape index (κ3) is 35.5. The summed E-state index contributed by atoms with van der Waals surface area (Å²) >= 11 is 0. The highest BCUT2D eigenvalue weighted by Crippen LogP contribution is 2.08. The molecule has 26 nitrogen and oxygen atoms in total. The van der Waals surface area contributed by atoms with Crippen LogP contribution in [0.1, 0.15) is 32.6 Å². The first kappa shape index (κ1) is 66.7. The lowest BCUT2D eigenvalue weighted by molar-refractivity contribution is -0.163. The van der Waals surface area contributed by atoms with Crippen LogP contribution in [0.2, 0.25) is 0 Å². The van der Waals surface area contributed by atoms with Gasteiger partial charge in [0.05, 0.1) is 25.7 Å². The van der Waals surface area contributed by atoms with Gasteiger partial charge in [0.1, 0.15) is 52.9 Å². The average molecular weight is 1070 g/mol. The minimum Gasteiger partial charge on any atom is -0.462 e. The Labute approximate surface area is 432 Å². The molecule has 0 radical (unpaired) electrons. The number of hydrogen-bond acceptors (Lipinski definition) is 26. The summed E-state index contributed by atoms with van der Waals surface area (Å²) in [6.45, 7) is 19.6. The van der Waals surface area contributed by atoms with Crippen LogP contribution in [0.4, 0.5) is 0 Å². The Balaban J connectivity index is 6.49. The van der Waals surface area contributed by atoms with E-state index in [1.807, 2.05) is 0 Å². The number of carbonyl (C=O) groups is 12. The van der Waals surface area contributed by atoms with Crippen molar-refractivity contribution in [3.05, 3.63) is 88.6 Å². The summed E-state index contributed by atoms with van der Waals surface area (Å²) in [5, 5.41) is 0. The van der Waals surface area contributed by atoms with E-state index in [1.165, 1.54) is 0 Å². The standard InChI is InChI=1S/C49H64N2O24/c1-9-39(53)65-27-36(73-43(57)13-5)31-69-47(61)17-21-50(20-16-46(60)68-30-35(26-64-34(8)52)72-42(56)12-4)24-25-51(22-18-48(62)70-32-37(74-44(58)14-6)28-66-40(54)10-2)23-19-49(63)71-33-38(75-45(59)15-7)29-67-41(55)11-3/h9-15,35-38H,1-7,16-33H2,8H3. The Morgan fingerprint density at radius 3 is 0.707 bits per heavy atom. The van der Waals surface area contributed by atoms with Gasteiger partial charge in [-0.2, -0.15) is 0 Å². The molecule has 414 valence electrons. The van der Waals surface area contributed by atoms with E-state index in [9.17, 15) is 57.5 Å². The van der Waals surface area contributed by atoms with Gasteiger partial charge in [-0.3, -0.25) is 24.0 Å². The summed E-state index contributed by atoms with van der Waals surface area (Å²) in [5.41, 5.74) is 0. The van der Waals surface area contributed by atoms with Gasteiger partial charge < -0.3 is 66.6 Å². The third-order valence-electron chi connectivity index (χ3n) is 8.99. The van der Waals surface area contributed by atoms with Crippen molar-refractivity contribution in [2.75, 3.05) is 92.1 Å². The van der Waals surface area contributed by atoms with Crippen molar-refractivity contribution in [3.63, 3.8) is 0 Å². The fraction of sp³-hybridized carbons (Fsp3) is 0.469. The fourth-order valence-corrected chi connectivity index (χ4v) is 5.21. The summed E-state index contributed by atoms with van der Waals surface area (Å²) < 4.78 is 61.1. The zero-order valence-corrected chi connectivity index (χ0v) is 41.7. The van der Waals surface area contributed by atoms with Crippen LogP contribution in [0.15, 0.2) is 88.6 Å². The van der Waals surface area contributed by atoms with Gasteiger partial charge in [0.25, 0.3) is 0 Å². The molecule has 0 saturated heterocycles. The van der Waals surface area contributed by atoms with E-state index in [-0.39, 0.29) is 65.0 Å². The van der Waals surface area contributed by atoms with E-state index in [2.05, 4.69) is 46.1 Å². The highest BCUT2D eigenvalue weighted by Gasteiger charge is 2.24. The summed E-state index contributed by atoms with van der Waals surface area (Å²) in [4.78, 5) is 149. The first-order chi connectivity index (χ1) is 35.7. The molecule has 0 spiro atoms. The van der Waals surface area contributed by atoms with Crippen molar-refractivity contribution in [2.24, 2.45) is 0 Å². The van der Waals surface area contributed by atoms with Crippen LogP contribution in [0.25, 0.3) is 0 Å². The Hall–Kier alpha value is -8.26. The number of carbonyl (C=O) groups excluding carboxylic acids is 12. The minimum absolute atomic E-state index is 0.00895. The fourth-order valence-electron chi connectivity index (χ4n) is 5.21. The maximum atomic E-state index is 13.0. The topological polar surface area (TPSA) is 322 Å². The zero-order chi connectivity index (χ0) is 56.6. The second-order valence-corrected chi connectivity index (χ2v) is 14.8. The molecule has 26 heteroatoms. The molecule has 0 heterocycles. The minimum atomic E-state index is -1.24. The maximum Gasteiger partial charge on any atom is 0.330 e. The molecule has 0 amide bonds. The van der Waals surface area contributed by atoms with Crippen molar-refractivity contribution in [3.8, 4) is 0 Å². The molecule has 4 atom stereocenters. The molecular weight excluding hydrogens is 1000 g/mol. The van der Waals surface area contributed by atoms with Crippen molar-refractivity contribution < 1.29 is 114 Å². The molecule has 0 rings (SSSR count). The van der Waals surface area contributed by atoms with Crippen LogP contribution in [0.5, 0.6) is 0 Å². The van der Waals surface area contributed by atoms with Gasteiger partial charge in [-0.25, -0.2) is 33.6 Å². The Bertz CT molecular complexity index is 1960. The highest BCUT2D eigenvalue weighted by molar-refractivity contribution is 5.84. The largest absolute Gasteiger partial charge is 0.462 e. The van der Waals surface area contributed by atoms with Crippen molar-refractivity contribution in [1.29, 1.82) is 0 Å². The number of ether oxygens (including phenoxy) is 12. The second-order valence-electron chi connectivity index (χ2n) is 14.8. The lowest BCUT2D eigenvalue weighted by Gasteiger charge is -2.27. The first-order valence-corrected chi connectivity index (χ1v) is 22.6. The van der Waals surface area contributed by atoms with Gasteiger partial charge >= 0.3 is 71.6 Å². The Kier molecular flexibility index (Phi) is 35.8. The number of esters is 12. The zero-order valence-electron chi connectivity index (χ0n) is 41.7. The van der Waals surface area contributed by atoms with Crippen LogP contribution < -0.4 is 0 Å². The molecule has 0 fully saturated rings. The third-order valence-corrected chi connectivity index (χ3v) is 8.99. The molecular formula is C49H64N2O24. The van der Waals surface area contributed by atoms with Gasteiger partial charge in [0, 0.05) is 88.7 Å². The number of hydrogen-bond donors (Lipinski definition) is 0. The van der Waals surface area contributed by atoms with E-state index >= 15 is 0 Å². The summed E-state index contributed by atoms with van der Waals surface area (Å²) in [7, 11) is 0. The second kappa shape index (κ2) is 40.2. The Morgan fingerprint density at radius 2 is 0.507 bits per heavy atom. The van der Waals surface area contributed by atoms with Gasteiger partial charge in [-0.15, -0.1) is 0 Å². The number of rotatable bonds is 42. The lowest BCUT2D eigenvalue weighted by atomic mass is 10.3. The average Bonchev–Trinajstić information content (AvgIpc) is 3.40. The van der Waals surface area contributed by atoms with E-state index < -0.39 is 149 Å². The molecule has 0 saturated carbocycles. The molecule has 4 unspecified atom stereocenters. The molecule has 0 N–H and O–H groups in total. The van der Waals surface area contributed by atoms with Crippen LogP contribution in [0.3, 0.4) is 0 Å². The molecule has 0 bridgehead atoms. The monoisotopic (exact) mass is 1060 g/mol. The predicted molar refractivity (Wildman–Crippen MR) is 256 cm³/mol. The summed E-state index contributed by atoms with van der Waals surface area (Å²) in [6.07, 6.45) is -0.303. The van der Waals surface area contributed by atoms with Crippen LogP contribution in [0, 0.1) is 0 Å². The van der Waals surface area contributed by atoms with Crippen LogP contribution in [-0.4, -0.2) is 198 Å². The van der Waals surface area contributed by atoms with E-state index in [1.54, 1.807) is 9.80 Å². The quantitative estimate of drug-likeness (QED) is 0.0455. The summed E-state index contributed by atoms with van der Waals surface area (Å²) in [5.74, 6) is -10.1. The van der Waals surface area contributed by atoms with Crippen molar-refractivity contribution in [2.45, 2.75) is 57.0 Å². The first-order valence-electron chi connectivity index (χ1n) is 22.6. The highest BCUT2D eigenvalue weighted by atomic mass is 16.6. The molecule has 0 aromatic carbocycles. The molecule has 75 heavy (non-hydrogen) atoms. The van der Waals surface area contributed by atoms with Crippen molar-refractivity contribution in [1.82, 2.24) is 9.80 Å². The number of nitrogens with zero attached hydrogens (tertiary/aromatic N) is 2. The smallest absolute Gasteiger partial charge is 0.330 e. The van der Waals surface area contributed by atoms with E-state index in [0.29, 0.717) is 0 Å². The van der Waals surface area contributed by atoms with Gasteiger partial charge in [-0.05, 0) is 0 Å². The van der Waals surface area contributed by atoms with Crippen LogP contribution >= 0.6 is 0 Å². The summed E-state index contributed by atoms with van der Waals surface area (Å²) in [6, 6.07) is 0. The van der Waals surface area contributed by atoms with Crippen LogP contribution in [-0.2, 0) is 114 Å². The lowest BCUT2D eigenvalue weighted by Crippen LogP contribution is -2.40. The van der Waals surface area contributed by atoms with Gasteiger partial charge in [-0.1, -0.05) is 46.1 Å². The van der Waals surface area contributed by atoms with Gasteiger partial charge in [0.15, 0.2) is 24.4 Å². The molecule has 0 aliphatic rings.